The summed E-state index contributed by atoms with van der Waals surface area (Å²) >= 11 is 0. The van der Waals surface area contributed by atoms with Gasteiger partial charge in [-0.05, 0) is 103 Å². The maximum Gasteiger partial charge on any atom is 0.306 e. The Bertz CT molecular complexity index is 1330. The normalized spacial score (nSPS) is 12.4. The molecule has 0 bridgehead atoms. The molecule has 0 radical (unpaired) electrons. The molecule has 0 aliphatic heterocycles. The molecule has 0 aromatic rings. The molecule has 74 heavy (non-hydrogen) atoms. The van der Waals surface area contributed by atoms with E-state index in [0.717, 1.165) is 96.3 Å². The molecule has 0 fully saturated rings. The second-order valence-corrected chi connectivity index (χ2v) is 21.7. The Morgan fingerprint density at radius 1 is 0.270 bits per heavy atom. The summed E-state index contributed by atoms with van der Waals surface area (Å²) in [6.45, 7) is 6.59. The first kappa shape index (κ1) is 71.1. The summed E-state index contributed by atoms with van der Waals surface area (Å²) in [5.41, 5.74) is 0. The van der Waals surface area contributed by atoms with Crippen LogP contribution in [0, 0.1) is 0 Å². The van der Waals surface area contributed by atoms with Crippen LogP contribution < -0.4 is 0 Å². The first-order chi connectivity index (χ1) is 36.5. The van der Waals surface area contributed by atoms with E-state index >= 15 is 0 Å². The lowest BCUT2D eigenvalue weighted by atomic mass is 10.0. The lowest BCUT2D eigenvalue weighted by molar-refractivity contribution is -0.167. The molecule has 0 N–H and O–H groups in total. The monoisotopic (exact) mass is 1030 g/mol. The van der Waals surface area contributed by atoms with E-state index in [1.54, 1.807) is 0 Å². The summed E-state index contributed by atoms with van der Waals surface area (Å²) in [6, 6.07) is 0. The fraction of sp³-hybridized carbons (Fsp3) is 0.809. The molecule has 1 unspecified atom stereocenters. The van der Waals surface area contributed by atoms with Gasteiger partial charge in [0.15, 0.2) is 6.10 Å². The number of hydrogen-bond acceptors (Lipinski definition) is 6. The number of hydrogen-bond donors (Lipinski definition) is 0. The Morgan fingerprint density at radius 2 is 0.500 bits per heavy atom. The van der Waals surface area contributed by atoms with Crippen LogP contribution in [-0.4, -0.2) is 37.2 Å². The summed E-state index contributed by atoms with van der Waals surface area (Å²) in [5, 5.41) is 0. The number of carbonyl (C=O) groups is 3. The van der Waals surface area contributed by atoms with Crippen LogP contribution in [0.5, 0.6) is 0 Å². The molecule has 0 spiro atoms. The first-order valence-corrected chi connectivity index (χ1v) is 32.3. The van der Waals surface area contributed by atoms with Crippen molar-refractivity contribution in [1.82, 2.24) is 0 Å². The van der Waals surface area contributed by atoms with E-state index in [4.69, 9.17) is 14.2 Å². The zero-order valence-electron chi connectivity index (χ0n) is 49.4. The minimum absolute atomic E-state index is 0.0800. The van der Waals surface area contributed by atoms with Gasteiger partial charge in [-0.15, -0.1) is 0 Å². The van der Waals surface area contributed by atoms with Gasteiger partial charge in [-0.3, -0.25) is 14.4 Å². The molecule has 0 saturated carbocycles. The van der Waals surface area contributed by atoms with Gasteiger partial charge in [-0.2, -0.15) is 0 Å². The maximum atomic E-state index is 12.9. The van der Waals surface area contributed by atoms with Crippen molar-refractivity contribution in [3.05, 3.63) is 60.8 Å². The highest BCUT2D eigenvalue weighted by atomic mass is 16.6. The van der Waals surface area contributed by atoms with Gasteiger partial charge in [0.2, 0.25) is 0 Å². The Hall–Kier alpha value is -2.89. The van der Waals surface area contributed by atoms with E-state index in [1.165, 1.54) is 199 Å². The molecule has 430 valence electrons. The Morgan fingerprint density at radius 3 is 0.811 bits per heavy atom. The molecule has 1 atom stereocenters. The average molecular weight is 1040 g/mol. The van der Waals surface area contributed by atoms with Gasteiger partial charge in [0.05, 0.1) is 0 Å². The van der Waals surface area contributed by atoms with Gasteiger partial charge in [-0.25, -0.2) is 0 Å². The molecule has 0 aliphatic rings. The van der Waals surface area contributed by atoms with Gasteiger partial charge in [0, 0.05) is 19.3 Å². The third kappa shape index (κ3) is 60.0. The van der Waals surface area contributed by atoms with Gasteiger partial charge in [-0.1, -0.05) is 274 Å². The van der Waals surface area contributed by atoms with E-state index in [0.29, 0.717) is 19.3 Å². The highest BCUT2D eigenvalue weighted by Crippen LogP contribution is 2.17. The number of rotatable bonds is 59. The third-order valence-electron chi connectivity index (χ3n) is 14.2. The van der Waals surface area contributed by atoms with Gasteiger partial charge < -0.3 is 14.2 Å². The molecule has 0 aromatic heterocycles. The predicted octanol–water partition coefficient (Wildman–Crippen LogP) is 21.9. The highest BCUT2D eigenvalue weighted by molar-refractivity contribution is 5.71. The Kier molecular flexibility index (Phi) is 60.2. The van der Waals surface area contributed by atoms with Gasteiger partial charge in [0.25, 0.3) is 0 Å². The van der Waals surface area contributed by atoms with E-state index in [9.17, 15) is 14.4 Å². The predicted molar refractivity (Wildman–Crippen MR) is 321 cm³/mol. The van der Waals surface area contributed by atoms with E-state index < -0.39 is 6.10 Å². The summed E-state index contributed by atoms with van der Waals surface area (Å²) < 4.78 is 16.9. The molecular weight excluding hydrogens is 913 g/mol. The molecule has 6 heteroatoms. The summed E-state index contributed by atoms with van der Waals surface area (Å²) in [5.74, 6) is -0.889. The number of esters is 3. The molecule has 0 heterocycles. The van der Waals surface area contributed by atoms with Crippen molar-refractivity contribution >= 4 is 17.9 Å². The van der Waals surface area contributed by atoms with Crippen LogP contribution in [0.3, 0.4) is 0 Å². The van der Waals surface area contributed by atoms with Crippen molar-refractivity contribution in [1.29, 1.82) is 0 Å². The van der Waals surface area contributed by atoms with Crippen molar-refractivity contribution in [3.8, 4) is 0 Å². The van der Waals surface area contributed by atoms with E-state index in [1.807, 2.05) is 0 Å². The molecule has 0 saturated heterocycles. The molecule has 0 amide bonds. The number of allylic oxidation sites excluding steroid dienone is 10. The van der Waals surface area contributed by atoms with Crippen molar-refractivity contribution in [2.45, 2.75) is 341 Å². The lowest BCUT2D eigenvalue weighted by Crippen LogP contribution is -2.30. The molecule has 0 rings (SSSR count). The minimum atomic E-state index is -0.784. The van der Waals surface area contributed by atoms with E-state index in [2.05, 4.69) is 81.5 Å². The fourth-order valence-electron chi connectivity index (χ4n) is 9.31. The zero-order chi connectivity index (χ0) is 53.6. The van der Waals surface area contributed by atoms with Crippen LogP contribution in [0.2, 0.25) is 0 Å². The van der Waals surface area contributed by atoms with Crippen molar-refractivity contribution < 1.29 is 28.6 Å². The fourth-order valence-corrected chi connectivity index (χ4v) is 9.31. The summed E-state index contributed by atoms with van der Waals surface area (Å²) in [6.07, 6.45) is 79.6. The largest absolute Gasteiger partial charge is 0.462 e. The molecular formula is C68H122O6. The smallest absolute Gasteiger partial charge is 0.306 e. The summed E-state index contributed by atoms with van der Waals surface area (Å²) in [7, 11) is 0. The molecule has 0 aliphatic carbocycles. The molecule has 0 aromatic carbocycles. The topological polar surface area (TPSA) is 78.9 Å². The van der Waals surface area contributed by atoms with Crippen molar-refractivity contribution in [3.63, 3.8) is 0 Å². The van der Waals surface area contributed by atoms with Crippen LogP contribution in [-0.2, 0) is 28.6 Å². The zero-order valence-corrected chi connectivity index (χ0v) is 49.4. The Labute approximate surface area is 460 Å². The highest BCUT2D eigenvalue weighted by Gasteiger charge is 2.19. The first-order valence-electron chi connectivity index (χ1n) is 32.3. The van der Waals surface area contributed by atoms with Crippen molar-refractivity contribution in [2.24, 2.45) is 0 Å². The Balaban J connectivity index is 4.17. The van der Waals surface area contributed by atoms with Crippen LogP contribution in [0.1, 0.15) is 335 Å². The third-order valence-corrected chi connectivity index (χ3v) is 14.2. The van der Waals surface area contributed by atoms with Crippen LogP contribution in [0.15, 0.2) is 60.8 Å². The quantitative estimate of drug-likeness (QED) is 0.0261. The second kappa shape index (κ2) is 62.6. The standard InChI is InChI=1S/C68H122O6/c1-4-7-10-13-16-19-22-24-26-28-29-30-31-32-33-34-35-36-37-38-39-40-42-43-46-49-52-55-58-61-67(70)73-64-65(63-72-66(69)60-57-54-51-48-45-21-18-15-12-9-6-3)74-68(71)62-59-56-53-50-47-44-41-27-25-23-20-17-14-11-8-5-2/h15,18,20,22-24,27-29,41,65H,4-14,16-17,19,21,25-26,30-40,42-64H2,1-3H3/b18-15-,23-20-,24-22-,29-28-,41-27-. The SMILES string of the molecule is CCCC/C=C\CCCCCCCC(=O)OCC(COC(=O)CCCCCCCCCCCCCCCCCCC/C=C\C/C=C\CCCCCCC)OC(=O)CCCCCCC/C=C\C/C=C\CCCCCC. The summed E-state index contributed by atoms with van der Waals surface area (Å²) in [4.78, 5) is 38.2. The maximum absolute atomic E-state index is 12.9. The average Bonchev–Trinajstić information content (AvgIpc) is 3.40. The number of ether oxygens (including phenoxy) is 3. The second-order valence-electron chi connectivity index (χ2n) is 21.7. The number of carbonyl (C=O) groups excluding carboxylic acids is 3. The van der Waals surface area contributed by atoms with Crippen LogP contribution in [0.25, 0.3) is 0 Å². The lowest BCUT2D eigenvalue weighted by Gasteiger charge is -2.18. The van der Waals surface area contributed by atoms with Crippen molar-refractivity contribution in [2.75, 3.05) is 13.2 Å². The van der Waals surface area contributed by atoms with Gasteiger partial charge >= 0.3 is 17.9 Å². The van der Waals surface area contributed by atoms with E-state index in [-0.39, 0.29) is 31.1 Å². The molecule has 6 nitrogen and oxygen atoms in total. The minimum Gasteiger partial charge on any atom is -0.462 e. The number of unbranched alkanes of at least 4 members (excludes halogenated alkanes) is 38. The van der Waals surface area contributed by atoms with Gasteiger partial charge in [0.1, 0.15) is 13.2 Å². The van der Waals surface area contributed by atoms with Crippen LogP contribution in [0.4, 0.5) is 0 Å². The van der Waals surface area contributed by atoms with Crippen LogP contribution >= 0.6 is 0 Å².